The minimum absolute atomic E-state index is 0.331. The molecule has 0 bridgehead atoms. The maximum Gasteiger partial charge on any atom is 0.338 e. The number of hydrogen-bond acceptors (Lipinski definition) is 4. The molecule has 2 aromatic carbocycles. The molecule has 0 radical (unpaired) electrons. The van der Waals surface area contributed by atoms with Crippen LogP contribution in [0.4, 0.5) is 0 Å². The summed E-state index contributed by atoms with van der Waals surface area (Å²) in [4.78, 5) is 11.5. The van der Waals surface area contributed by atoms with Crippen molar-refractivity contribution in [2.45, 2.75) is 18.6 Å². The predicted octanol–water partition coefficient (Wildman–Crippen LogP) is 2.64. The van der Waals surface area contributed by atoms with Crippen LogP contribution in [-0.2, 0) is 19.9 Å². The highest BCUT2D eigenvalue weighted by Gasteiger charge is 2.59. The average Bonchev–Trinajstić information content (AvgIpc) is 3.18. The zero-order valence-electron chi connectivity index (χ0n) is 11.7. The monoisotopic (exact) mass is 272 g/mol. The third kappa shape index (κ3) is 1.93. The van der Waals surface area contributed by atoms with Gasteiger partial charge in [-0.3, -0.25) is 0 Å². The predicted molar refractivity (Wildman–Crippen MR) is 74.7 cm³/mol. The molecule has 2 aromatic rings. The minimum Gasteiger partial charge on any atom is -0.497 e. The second kappa shape index (κ2) is 4.49. The van der Waals surface area contributed by atoms with Crippen LogP contribution >= 0.6 is 0 Å². The van der Waals surface area contributed by atoms with Crippen LogP contribution in [0.25, 0.3) is 10.8 Å². The highest BCUT2D eigenvalue weighted by atomic mass is 16.6. The van der Waals surface area contributed by atoms with Crippen LogP contribution in [-0.4, -0.2) is 26.3 Å². The van der Waals surface area contributed by atoms with Crippen molar-refractivity contribution < 1.29 is 19.0 Å². The van der Waals surface area contributed by atoms with E-state index in [4.69, 9.17) is 14.2 Å². The minimum atomic E-state index is -0.582. The quantitative estimate of drug-likeness (QED) is 0.636. The number of carbonyl (C=O) groups is 1. The molecule has 1 fully saturated rings. The van der Waals surface area contributed by atoms with Crippen LogP contribution in [0.1, 0.15) is 12.5 Å². The standard InChI is InChI=1S/C16H16O4/c1-16(14(20-16)15(17)19-3)12-6-4-11-9-13(18-2)7-5-10(11)8-12/h4-9,14H,1-3H3/t14-,16+/m0/s1. The number of rotatable bonds is 3. The number of esters is 1. The number of benzene rings is 2. The van der Waals surface area contributed by atoms with Crippen molar-refractivity contribution >= 4 is 16.7 Å². The first kappa shape index (κ1) is 12.9. The Morgan fingerprint density at radius 1 is 1.15 bits per heavy atom. The van der Waals surface area contributed by atoms with E-state index in [0.717, 1.165) is 22.1 Å². The van der Waals surface area contributed by atoms with Gasteiger partial charge in [-0.15, -0.1) is 0 Å². The summed E-state index contributed by atoms with van der Waals surface area (Å²) in [6.07, 6.45) is -0.511. The van der Waals surface area contributed by atoms with Crippen molar-refractivity contribution in [2.75, 3.05) is 14.2 Å². The van der Waals surface area contributed by atoms with Crippen LogP contribution in [0.5, 0.6) is 5.75 Å². The summed E-state index contributed by atoms with van der Waals surface area (Å²) in [5.41, 5.74) is 0.395. The smallest absolute Gasteiger partial charge is 0.338 e. The Bertz CT molecular complexity index is 679. The largest absolute Gasteiger partial charge is 0.497 e. The number of hydrogen-bond donors (Lipinski definition) is 0. The van der Waals surface area contributed by atoms with E-state index < -0.39 is 11.7 Å². The van der Waals surface area contributed by atoms with Gasteiger partial charge in [0, 0.05) is 0 Å². The summed E-state index contributed by atoms with van der Waals surface area (Å²) >= 11 is 0. The highest BCUT2D eigenvalue weighted by molar-refractivity contribution is 5.86. The van der Waals surface area contributed by atoms with Gasteiger partial charge >= 0.3 is 5.97 Å². The second-order valence-corrected chi connectivity index (χ2v) is 5.06. The number of epoxide rings is 1. The molecule has 0 N–H and O–H groups in total. The molecule has 0 saturated carbocycles. The first-order valence-corrected chi connectivity index (χ1v) is 6.42. The molecule has 2 atom stereocenters. The fraction of sp³-hybridized carbons (Fsp3) is 0.312. The zero-order valence-corrected chi connectivity index (χ0v) is 11.7. The van der Waals surface area contributed by atoms with Crippen molar-refractivity contribution in [3.05, 3.63) is 42.0 Å². The van der Waals surface area contributed by atoms with Gasteiger partial charge in [-0.1, -0.05) is 18.2 Å². The number of methoxy groups -OCH3 is 2. The Labute approximate surface area is 117 Å². The fourth-order valence-electron chi connectivity index (χ4n) is 2.47. The Morgan fingerprint density at radius 3 is 2.55 bits per heavy atom. The summed E-state index contributed by atoms with van der Waals surface area (Å²) in [6.45, 7) is 1.90. The fourth-order valence-corrected chi connectivity index (χ4v) is 2.47. The van der Waals surface area contributed by atoms with Gasteiger partial charge in [-0.05, 0) is 41.5 Å². The molecular formula is C16H16O4. The number of ether oxygens (including phenoxy) is 3. The lowest BCUT2D eigenvalue weighted by Crippen LogP contribution is -2.17. The molecule has 4 heteroatoms. The van der Waals surface area contributed by atoms with E-state index in [0.29, 0.717) is 0 Å². The summed E-state index contributed by atoms with van der Waals surface area (Å²) in [5.74, 6) is 0.494. The van der Waals surface area contributed by atoms with E-state index >= 15 is 0 Å². The Kier molecular flexibility index (Phi) is 2.91. The lowest BCUT2D eigenvalue weighted by Gasteiger charge is -2.09. The van der Waals surface area contributed by atoms with Gasteiger partial charge in [0.1, 0.15) is 11.4 Å². The lowest BCUT2D eigenvalue weighted by atomic mass is 9.95. The molecule has 0 amide bonds. The lowest BCUT2D eigenvalue weighted by molar-refractivity contribution is -0.142. The maximum atomic E-state index is 11.5. The third-order valence-electron chi connectivity index (χ3n) is 3.84. The zero-order chi connectivity index (χ0) is 14.3. The molecule has 0 aliphatic carbocycles. The molecule has 0 spiro atoms. The van der Waals surface area contributed by atoms with E-state index in [2.05, 4.69) is 0 Å². The van der Waals surface area contributed by atoms with Gasteiger partial charge in [0.25, 0.3) is 0 Å². The molecule has 0 aromatic heterocycles. The topological polar surface area (TPSA) is 48.1 Å². The Balaban J connectivity index is 1.96. The van der Waals surface area contributed by atoms with Gasteiger partial charge < -0.3 is 14.2 Å². The molecule has 0 unspecified atom stereocenters. The molecule has 1 heterocycles. The summed E-state index contributed by atoms with van der Waals surface area (Å²) < 4.78 is 15.5. The molecule has 20 heavy (non-hydrogen) atoms. The van der Waals surface area contributed by atoms with Crippen LogP contribution in [0.2, 0.25) is 0 Å². The van der Waals surface area contributed by atoms with Crippen molar-refractivity contribution in [1.82, 2.24) is 0 Å². The van der Waals surface area contributed by atoms with E-state index in [1.807, 2.05) is 43.3 Å². The summed E-state index contributed by atoms with van der Waals surface area (Å²) in [5, 5.41) is 2.18. The van der Waals surface area contributed by atoms with Gasteiger partial charge in [0.15, 0.2) is 6.10 Å². The van der Waals surface area contributed by atoms with Crippen LogP contribution in [0, 0.1) is 0 Å². The third-order valence-corrected chi connectivity index (χ3v) is 3.84. The normalized spacial score (nSPS) is 24.4. The van der Waals surface area contributed by atoms with Gasteiger partial charge in [-0.2, -0.15) is 0 Å². The average molecular weight is 272 g/mol. The first-order chi connectivity index (χ1) is 9.58. The van der Waals surface area contributed by atoms with Crippen LogP contribution < -0.4 is 4.74 Å². The van der Waals surface area contributed by atoms with E-state index in [9.17, 15) is 4.79 Å². The van der Waals surface area contributed by atoms with Crippen molar-refractivity contribution in [1.29, 1.82) is 0 Å². The number of carbonyl (C=O) groups excluding carboxylic acids is 1. The maximum absolute atomic E-state index is 11.5. The number of fused-ring (bicyclic) bond motifs is 1. The summed E-state index contributed by atoms with van der Waals surface area (Å²) in [6, 6.07) is 11.9. The summed E-state index contributed by atoms with van der Waals surface area (Å²) in [7, 11) is 3.02. The van der Waals surface area contributed by atoms with Crippen LogP contribution in [0.3, 0.4) is 0 Å². The van der Waals surface area contributed by atoms with Crippen molar-refractivity contribution in [2.24, 2.45) is 0 Å². The molecule has 3 rings (SSSR count). The highest BCUT2D eigenvalue weighted by Crippen LogP contribution is 2.47. The second-order valence-electron chi connectivity index (χ2n) is 5.06. The van der Waals surface area contributed by atoms with Gasteiger partial charge in [0.05, 0.1) is 14.2 Å². The SMILES string of the molecule is COC(=O)[C@@H]1O[C@]1(C)c1ccc2cc(OC)ccc2c1. The Morgan fingerprint density at radius 2 is 1.85 bits per heavy atom. The Hall–Kier alpha value is -2.07. The molecule has 104 valence electrons. The van der Waals surface area contributed by atoms with Gasteiger partial charge in [-0.25, -0.2) is 4.79 Å². The molecule has 1 saturated heterocycles. The first-order valence-electron chi connectivity index (χ1n) is 6.42. The molecular weight excluding hydrogens is 256 g/mol. The van der Waals surface area contributed by atoms with Gasteiger partial charge in [0.2, 0.25) is 0 Å². The molecule has 4 nitrogen and oxygen atoms in total. The van der Waals surface area contributed by atoms with Crippen molar-refractivity contribution in [3.8, 4) is 5.75 Å². The van der Waals surface area contributed by atoms with E-state index in [-0.39, 0.29) is 5.97 Å². The van der Waals surface area contributed by atoms with Crippen molar-refractivity contribution in [3.63, 3.8) is 0 Å². The van der Waals surface area contributed by atoms with E-state index in [1.54, 1.807) is 7.11 Å². The molecule has 1 aliphatic heterocycles. The molecule has 1 aliphatic rings. The van der Waals surface area contributed by atoms with E-state index in [1.165, 1.54) is 7.11 Å². The van der Waals surface area contributed by atoms with Crippen LogP contribution in [0.15, 0.2) is 36.4 Å².